The van der Waals surface area contributed by atoms with Crippen LogP contribution >= 0.6 is 0 Å². The van der Waals surface area contributed by atoms with Crippen molar-refractivity contribution in [2.75, 3.05) is 24.6 Å². The lowest BCUT2D eigenvalue weighted by atomic mass is 10.2. The average molecular weight is 294 g/mol. The maximum Gasteiger partial charge on any atom is 0.235 e. The zero-order valence-electron chi connectivity index (χ0n) is 11.9. The molecule has 1 aromatic carbocycles. The Balaban J connectivity index is 2.01. The second kappa shape index (κ2) is 6.88. The van der Waals surface area contributed by atoms with E-state index in [-0.39, 0.29) is 11.7 Å². The number of nitrogen functional groups attached to an aromatic ring is 1. The molecule has 1 atom stereocenters. The number of amides is 1. The molecule has 2 rings (SSSR count). The number of nitrogens with two attached hydrogens (primary N) is 1. The van der Waals surface area contributed by atoms with Gasteiger partial charge < -0.3 is 10.6 Å². The molecule has 20 heavy (non-hydrogen) atoms. The molecule has 5 heteroatoms. The highest BCUT2D eigenvalue weighted by Crippen LogP contribution is 2.17. The fourth-order valence-corrected chi connectivity index (χ4v) is 3.73. The maximum absolute atomic E-state index is 12.3. The molecule has 1 saturated heterocycles. The Morgan fingerprint density at radius 3 is 2.50 bits per heavy atom. The monoisotopic (exact) mass is 294 g/mol. The normalized spacial score (nSPS) is 17.6. The van der Waals surface area contributed by atoms with Gasteiger partial charge in [0.05, 0.1) is 10.8 Å². The van der Waals surface area contributed by atoms with E-state index >= 15 is 0 Å². The summed E-state index contributed by atoms with van der Waals surface area (Å²) in [6.07, 6.45) is 4.48. The van der Waals surface area contributed by atoms with Crippen LogP contribution in [0.5, 0.6) is 0 Å². The molecule has 1 unspecified atom stereocenters. The van der Waals surface area contributed by atoms with Gasteiger partial charge in [-0.2, -0.15) is 0 Å². The largest absolute Gasteiger partial charge is 0.399 e. The van der Waals surface area contributed by atoms with Crippen molar-refractivity contribution in [1.82, 2.24) is 4.90 Å². The first-order valence-corrected chi connectivity index (χ1v) is 8.42. The minimum absolute atomic E-state index is 0.00135. The van der Waals surface area contributed by atoms with Gasteiger partial charge in [-0.15, -0.1) is 0 Å². The molecular formula is C15H22N2O2S. The number of carbonyl (C=O) groups is 1. The zero-order chi connectivity index (χ0) is 14.5. The number of carbonyl (C=O) groups excluding carboxylic acids is 1. The molecule has 1 aromatic rings. The SMILES string of the molecule is Cc1cc(N)ccc1S(=O)CC(=O)N1CCCCCC1. The molecule has 2 N–H and O–H groups in total. The van der Waals surface area contributed by atoms with E-state index in [4.69, 9.17) is 5.73 Å². The molecule has 4 nitrogen and oxygen atoms in total. The lowest BCUT2D eigenvalue weighted by Gasteiger charge is -2.20. The van der Waals surface area contributed by atoms with Gasteiger partial charge in [-0.25, -0.2) is 0 Å². The van der Waals surface area contributed by atoms with E-state index in [9.17, 15) is 9.00 Å². The van der Waals surface area contributed by atoms with Crippen molar-refractivity contribution in [2.24, 2.45) is 0 Å². The van der Waals surface area contributed by atoms with Crippen LogP contribution in [-0.2, 0) is 15.6 Å². The summed E-state index contributed by atoms with van der Waals surface area (Å²) in [4.78, 5) is 14.8. The van der Waals surface area contributed by atoms with Crippen LogP contribution in [0.1, 0.15) is 31.2 Å². The summed E-state index contributed by atoms with van der Waals surface area (Å²) in [6, 6.07) is 5.29. The molecule has 0 aromatic heterocycles. The van der Waals surface area contributed by atoms with Crippen LogP contribution in [0.3, 0.4) is 0 Å². The third-order valence-corrected chi connectivity index (χ3v) is 5.12. The molecule has 1 heterocycles. The topological polar surface area (TPSA) is 63.4 Å². The molecule has 0 radical (unpaired) electrons. The molecule has 0 aliphatic carbocycles. The molecular weight excluding hydrogens is 272 g/mol. The number of hydrogen-bond donors (Lipinski definition) is 1. The van der Waals surface area contributed by atoms with Crippen LogP contribution in [0.25, 0.3) is 0 Å². The first-order chi connectivity index (χ1) is 9.58. The molecule has 1 aliphatic heterocycles. The minimum Gasteiger partial charge on any atom is -0.399 e. The first-order valence-electron chi connectivity index (χ1n) is 7.10. The van der Waals surface area contributed by atoms with Gasteiger partial charge in [0.1, 0.15) is 5.75 Å². The van der Waals surface area contributed by atoms with Crippen molar-refractivity contribution in [2.45, 2.75) is 37.5 Å². The number of anilines is 1. The van der Waals surface area contributed by atoms with Crippen molar-refractivity contribution in [3.8, 4) is 0 Å². The number of aryl methyl sites for hydroxylation is 1. The van der Waals surface area contributed by atoms with Gasteiger partial charge in [0, 0.05) is 23.7 Å². The summed E-state index contributed by atoms with van der Waals surface area (Å²) in [6.45, 7) is 3.48. The Labute approximate surface area is 122 Å². The van der Waals surface area contributed by atoms with E-state index in [1.54, 1.807) is 18.2 Å². The summed E-state index contributed by atoms with van der Waals surface area (Å²) < 4.78 is 12.3. The van der Waals surface area contributed by atoms with Crippen LogP contribution in [0.4, 0.5) is 5.69 Å². The highest BCUT2D eigenvalue weighted by Gasteiger charge is 2.19. The van der Waals surface area contributed by atoms with E-state index in [2.05, 4.69) is 0 Å². The number of hydrogen-bond acceptors (Lipinski definition) is 3. The summed E-state index contributed by atoms with van der Waals surface area (Å²) in [5, 5.41) is 0. The third-order valence-electron chi connectivity index (χ3n) is 3.66. The lowest BCUT2D eigenvalue weighted by molar-refractivity contribution is -0.128. The molecule has 0 spiro atoms. The van der Waals surface area contributed by atoms with E-state index in [0.717, 1.165) is 31.5 Å². The van der Waals surface area contributed by atoms with E-state index in [1.807, 2.05) is 11.8 Å². The van der Waals surface area contributed by atoms with E-state index < -0.39 is 10.8 Å². The molecule has 1 amide bonds. The highest BCUT2D eigenvalue weighted by molar-refractivity contribution is 7.85. The summed E-state index contributed by atoms with van der Waals surface area (Å²) in [5.74, 6) is 0.0755. The second-order valence-electron chi connectivity index (χ2n) is 5.31. The third kappa shape index (κ3) is 3.82. The van der Waals surface area contributed by atoms with Crippen LogP contribution in [-0.4, -0.2) is 33.9 Å². The van der Waals surface area contributed by atoms with Crippen LogP contribution < -0.4 is 5.73 Å². The van der Waals surface area contributed by atoms with Crippen molar-refractivity contribution < 1.29 is 9.00 Å². The summed E-state index contributed by atoms with van der Waals surface area (Å²) in [5.41, 5.74) is 7.23. The van der Waals surface area contributed by atoms with Crippen molar-refractivity contribution in [3.63, 3.8) is 0 Å². The quantitative estimate of drug-likeness (QED) is 0.868. The standard InChI is InChI=1S/C15H22N2O2S/c1-12-10-13(16)6-7-14(12)20(19)11-15(18)17-8-4-2-3-5-9-17/h6-7,10H,2-5,8-9,11,16H2,1H3. The Hall–Kier alpha value is -1.36. The zero-order valence-corrected chi connectivity index (χ0v) is 12.7. The van der Waals surface area contributed by atoms with Crippen molar-refractivity contribution in [1.29, 1.82) is 0 Å². The highest BCUT2D eigenvalue weighted by atomic mass is 32.2. The van der Waals surface area contributed by atoms with Crippen LogP contribution in [0, 0.1) is 6.92 Å². The molecule has 1 fully saturated rings. The Bertz CT molecular complexity index is 509. The Morgan fingerprint density at radius 2 is 1.90 bits per heavy atom. The smallest absolute Gasteiger partial charge is 0.235 e. The predicted molar refractivity (Wildman–Crippen MR) is 81.9 cm³/mol. The second-order valence-corrected chi connectivity index (χ2v) is 6.73. The van der Waals surface area contributed by atoms with Gasteiger partial charge in [0.25, 0.3) is 0 Å². The van der Waals surface area contributed by atoms with Crippen molar-refractivity contribution >= 4 is 22.4 Å². The van der Waals surface area contributed by atoms with Crippen molar-refractivity contribution in [3.05, 3.63) is 23.8 Å². The number of rotatable bonds is 3. The molecule has 0 saturated carbocycles. The fourth-order valence-electron chi connectivity index (χ4n) is 2.53. The molecule has 110 valence electrons. The van der Waals surface area contributed by atoms with Gasteiger partial charge in [-0.1, -0.05) is 12.8 Å². The summed E-state index contributed by atoms with van der Waals surface area (Å²) >= 11 is 0. The van der Waals surface area contributed by atoms with Gasteiger partial charge in [-0.05, 0) is 43.5 Å². The first kappa shape index (κ1) is 15.0. The van der Waals surface area contributed by atoms with Gasteiger partial charge >= 0.3 is 0 Å². The average Bonchev–Trinajstić information content (AvgIpc) is 2.67. The maximum atomic E-state index is 12.3. The number of likely N-dealkylation sites (tertiary alicyclic amines) is 1. The fraction of sp³-hybridized carbons (Fsp3) is 0.533. The van der Waals surface area contributed by atoms with Crippen LogP contribution in [0.2, 0.25) is 0 Å². The van der Waals surface area contributed by atoms with Crippen LogP contribution in [0.15, 0.2) is 23.1 Å². The number of nitrogens with zero attached hydrogens (tertiary/aromatic N) is 1. The Kier molecular flexibility index (Phi) is 5.17. The van der Waals surface area contributed by atoms with E-state index in [0.29, 0.717) is 10.6 Å². The van der Waals surface area contributed by atoms with Gasteiger partial charge in [-0.3, -0.25) is 9.00 Å². The van der Waals surface area contributed by atoms with Gasteiger partial charge in [0.15, 0.2) is 0 Å². The predicted octanol–water partition coefficient (Wildman–Crippen LogP) is 2.09. The number of benzene rings is 1. The molecule has 1 aliphatic rings. The Morgan fingerprint density at radius 1 is 1.25 bits per heavy atom. The lowest BCUT2D eigenvalue weighted by Crippen LogP contribution is -2.35. The molecule has 0 bridgehead atoms. The van der Waals surface area contributed by atoms with Gasteiger partial charge in [0.2, 0.25) is 5.91 Å². The summed E-state index contributed by atoms with van der Waals surface area (Å²) in [7, 11) is -1.29. The minimum atomic E-state index is -1.29. The van der Waals surface area contributed by atoms with E-state index in [1.165, 1.54) is 12.8 Å².